The first-order valence-corrected chi connectivity index (χ1v) is 8.79. The van der Waals surface area contributed by atoms with Gasteiger partial charge >= 0.3 is 6.09 Å². The number of pyridine rings is 1. The molecule has 1 unspecified atom stereocenters. The van der Waals surface area contributed by atoms with Crippen LogP contribution in [0.15, 0.2) is 24.5 Å². The van der Waals surface area contributed by atoms with Gasteiger partial charge in [0.25, 0.3) is 0 Å². The normalized spacial score (nSPS) is 21.7. The van der Waals surface area contributed by atoms with Crippen molar-refractivity contribution in [1.82, 2.24) is 9.88 Å². The molecule has 2 atom stereocenters. The Balaban J connectivity index is 1.89. The lowest BCUT2D eigenvalue weighted by Crippen LogP contribution is -2.41. The number of nitrogens with zero attached hydrogens (tertiary/aromatic N) is 2. The first kappa shape index (κ1) is 18.7. The van der Waals surface area contributed by atoms with E-state index in [-0.39, 0.29) is 17.0 Å². The van der Waals surface area contributed by atoms with Crippen molar-refractivity contribution in [3.05, 3.63) is 30.1 Å². The first-order chi connectivity index (χ1) is 11.1. The fraction of sp³-hybridized carbons (Fsp3) is 0.684. The summed E-state index contributed by atoms with van der Waals surface area (Å²) < 4.78 is 0. The molecule has 1 saturated heterocycles. The predicted octanol–water partition coefficient (Wildman–Crippen LogP) is 4.06. The van der Waals surface area contributed by atoms with Crippen LogP contribution in [-0.4, -0.2) is 33.2 Å². The molecule has 1 fully saturated rings. The van der Waals surface area contributed by atoms with Gasteiger partial charge < -0.3 is 15.7 Å². The van der Waals surface area contributed by atoms with E-state index in [0.29, 0.717) is 12.5 Å². The molecule has 0 spiro atoms. The number of carbonyl (C=O) groups is 1. The Hall–Kier alpha value is -1.62. The van der Waals surface area contributed by atoms with Gasteiger partial charge in [0.15, 0.2) is 0 Å². The van der Waals surface area contributed by atoms with Crippen LogP contribution in [0.5, 0.6) is 0 Å². The van der Waals surface area contributed by atoms with Crippen molar-refractivity contribution in [2.75, 3.05) is 6.54 Å². The highest BCUT2D eigenvalue weighted by atomic mass is 16.4. The Morgan fingerprint density at radius 2 is 2.08 bits per heavy atom. The molecule has 2 heterocycles. The Bertz CT molecular complexity index is 557. The zero-order chi connectivity index (χ0) is 18.0. The molecule has 5 heteroatoms. The minimum absolute atomic E-state index is 0.0411. The fourth-order valence-corrected chi connectivity index (χ4v) is 3.86. The molecule has 5 nitrogen and oxygen atoms in total. The third-order valence-electron chi connectivity index (χ3n) is 5.69. The third-order valence-corrected chi connectivity index (χ3v) is 5.69. The van der Waals surface area contributed by atoms with Crippen LogP contribution in [0.25, 0.3) is 0 Å². The molecular formula is C19H31N3O2. The lowest BCUT2D eigenvalue weighted by atomic mass is 9.72. The molecule has 1 aromatic rings. The average molecular weight is 333 g/mol. The fourth-order valence-electron chi connectivity index (χ4n) is 3.86. The maximum Gasteiger partial charge on any atom is 0.407 e. The van der Waals surface area contributed by atoms with Crippen molar-refractivity contribution in [2.45, 2.75) is 65.0 Å². The highest BCUT2D eigenvalue weighted by Gasteiger charge is 2.46. The molecule has 1 amide bonds. The van der Waals surface area contributed by atoms with E-state index in [4.69, 9.17) is 5.73 Å². The van der Waals surface area contributed by atoms with Gasteiger partial charge in [0.1, 0.15) is 0 Å². The number of nitrogens with two attached hydrogens (primary N) is 1. The lowest BCUT2D eigenvalue weighted by Gasteiger charge is -2.32. The summed E-state index contributed by atoms with van der Waals surface area (Å²) in [6.07, 6.45) is 6.70. The predicted molar refractivity (Wildman–Crippen MR) is 95.7 cm³/mol. The second-order valence-electron chi connectivity index (χ2n) is 8.37. The molecule has 3 N–H and O–H groups in total. The van der Waals surface area contributed by atoms with Crippen molar-refractivity contribution >= 4 is 6.09 Å². The van der Waals surface area contributed by atoms with Gasteiger partial charge in [-0.2, -0.15) is 0 Å². The Morgan fingerprint density at radius 3 is 2.62 bits per heavy atom. The molecule has 1 aliphatic rings. The van der Waals surface area contributed by atoms with E-state index in [2.05, 4.69) is 18.8 Å². The molecule has 0 aliphatic carbocycles. The van der Waals surface area contributed by atoms with Gasteiger partial charge in [-0.3, -0.25) is 4.98 Å². The third kappa shape index (κ3) is 4.26. The largest absolute Gasteiger partial charge is 0.465 e. The first-order valence-electron chi connectivity index (χ1n) is 8.79. The Kier molecular flexibility index (Phi) is 5.53. The van der Waals surface area contributed by atoms with Crippen molar-refractivity contribution in [1.29, 1.82) is 0 Å². The number of aromatic nitrogens is 1. The summed E-state index contributed by atoms with van der Waals surface area (Å²) >= 11 is 0. The van der Waals surface area contributed by atoms with Gasteiger partial charge in [0.05, 0.1) is 0 Å². The van der Waals surface area contributed by atoms with Crippen LogP contribution in [0.2, 0.25) is 0 Å². The summed E-state index contributed by atoms with van der Waals surface area (Å²) in [6, 6.07) is 3.99. The molecule has 1 aromatic heterocycles. The van der Waals surface area contributed by atoms with Crippen LogP contribution >= 0.6 is 0 Å². The summed E-state index contributed by atoms with van der Waals surface area (Å²) in [5.41, 5.74) is 7.23. The van der Waals surface area contributed by atoms with Gasteiger partial charge in [0.2, 0.25) is 0 Å². The molecule has 2 rings (SSSR count). The van der Waals surface area contributed by atoms with E-state index < -0.39 is 6.09 Å². The maximum atomic E-state index is 11.5. The molecule has 0 aromatic carbocycles. The molecule has 0 radical (unpaired) electrons. The van der Waals surface area contributed by atoms with Gasteiger partial charge in [-0.25, -0.2) is 4.79 Å². The standard InChI is InChI=1S/C19H31N3O2/c1-18(2,15-12-19(3,4)22(13-15)17(23)24)9-5-6-16(20)14-7-10-21-11-8-14/h7-8,10-11,15-16H,5-6,9,12-13,20H2,1-4H3,(H,23,24)/t15-,16?/m1/s1. The van der Waals surface area contributed by atoms with Crippen LogP contribution in [0.1, 0.15) is 65.0 Å². The van der Waals surface area contributed by atoms with Crippen LogP contribution in [0.3, 0.4) is 0 Å². The second kappa shape index (κ2) is 7.09. The quantitative estimate of drug-likeness (QED) is 0.823. The van der Waals surface area contributed by atoms with Crippen LogP contribution in [-0.2, 0) is 0 Å². The maximum absolute atomic E-state index is 11.5. The van der Waals surface area contributed by atoms with E-state index in [9.17, 15) is 9.90 Å². The SMILES string of the molecule is CC(C)(CCCC(N)c1ccncc1)[C@H]1CN(C(=O)O)C(C)(C)C1. The molecule has 0 saturated carbocycles. The van der Waals surface area contributed by atoms with Crippen LogP contribution < -0.4 is 5.73 Å². The van der Waals surface area contributed by atoms with Crippen molar-refractivity contribution in [3.63, 3.8) is 0 Å². The number of amides is 1. The van der Waals surface area contributed by atoms with E-state index >= 15 is 0 Å². The Morgan fingerprint density at radius 1 is 1.46 bits per heavy atom. The van der Waals surface area contributed by atoms with E-state index in [1.807, 2.05) is 26.0 Å². The van der Waals surface area contributed by atoms with E-state index in [1.54, 1.807) is 17.3 Å². The Labute approximate surface area is 145 Å². The van der Waals surface area contributed by atoms with Crippen molar-refractivity contribution < 1.29 is 9.90 Å². The van der Waals surface area contributed by atoms with Gasteiger partial charge in [0, 0.05) is 30.5 Å². The molecule has 24 heavy (non-hydrogen) atoms. The molecule has 134 valence electrons. The number of likely N-dealkylation sites (tertiary alicyclic amines) is 1. The van der Waals surface area contributed by atoms with Crippen LogP contribution in [0, 0.1) is 11.3 Å². The number of hydrogen-bond donors (Lipinski definition) is 2. The highest BCUT2D eigenvalue weighted by Crippen LogP contribution is 2.44. The lowest BCUT2D eigenvalue weighted by molar-refractivity contribution is 0.115. The molecular weight excluding hydrogens is 302 g/mol. The second-order valence-corrected chi connectivity index (χ2v) is 8.37. The smallest absolute Gasteiger partial charge is 0.407 e. The molecule has 1 aliphatic heterocycles. The van der Waals surface area contributed by atoms with Crippen molar-refractivity contribution in [3.8, 4) is 0 Å². The summed E-state index contributed by atoms with van der Waals surface area (Å²) in [4.78, 5) is 17.1. The van der Waals surface area contributed by atoms with Crippen molar-refractivity contribution in [2.24, 2.45) is 17.1 Å². The van der Waals surface area contributed by atoms with Gasteiger partial charge in [-0.1, -0.05) is 20.3 Å². The topological polar surface area (TPSA) is 79.5 Å². The summed E-state index contributed by atoms with van der Waals surface area (Å²) in [5.74, 6) is 0.390. The monoisotopic (exact) mass is 333 g/mol. The zero-order valence-corrected chi connectivity index (χ0v) is 15.3. The summed E-state index contributed by atoms with van der Waals surface area (Å²) in [7, 11) is 0. The number of hydrogen-bond acceptors (Lipinski definition) is 3. The summed E-state index contributed by atoms with van der Waals surface area (Å²) in [6.45, 7) is 9.20. The summed E-state index contributed by atoms with van der Waals surface area (Å²) in [5, 5.41) is 9.41. The van der Waals surface area contributed by atoms with E-state index in [0.717, 1.165) is 31.2 Å². The number of rotatable bonds is 6. The van der Waals surface area contributed by atoms with Gasteiger partial charge in [-0.15, -0.1) is 0 Å². The number of carboxylic acid groups (broad SMARTS) is 1. The minimum atomic E-state index is -0.807. The highest BCUT2D eigenvalue weighted by molar-refractivity contribution is 5.66. The molecule has 0 bridgehead atoms. The van der Waals surface area contributed by atoms with E-state index in [1.165, 1.54) is 0 Å². The minimum Gasteiger partial charge on any atom is -0.465 e. The van der Waals surface area contributed by atoms with Gasteiger partial charge in [-0.05, 0) is 62.1 Å². The van der Waals surface area contributed by atoms with Crippen LogP contribution in [0.4, 0.5) is 4.79 Å². The zero-order valence-electron chi connectivity index (χ0n) is 15.3. The average Bonchev–Trinajstić information content (AvgIpc) is 2.84.